The molecular formula is C15H15NO2. The monoisotopic (exact) mass is 241 g/mol. The van der Waals surface area contributed by atoms with E-state index >= 15 is 0 Å². The van der Waals surface area contributed by atoms with E-state index in [9.17, 15) is 4.79 Å². The average Bonchev–Trinajstić information content (AvgIpc) is 2.64. The van der Waals surface area contributed by atoms with Crippen LogP contribution in [0.25, 0.3) is 10.8 Å². The number of hydrogen-bond donors (Lipinski definition) is 2. The first-order valence-electron chi connectivity index (χ1n) is 6.07. The van der Waals surface area contributed by atoms with E-state index < -0.39 is 5.41 Å². The van der Waals surface area contributed by atoms with E-state index in [0.29, 0.717) is 0 Å². The molecule has 1 aliphatic rings. The Kier molecular flexibility index (Phi) is 2.22. The standard InChI is InChI=1S/C15H15NO2/c1-9-11-7-3-5-10-6-4-8-12(13(10)11)15(9,2)14(17)16-18/h3-9,18H,1-2H3,(H,16,17)/t9-,15-/m1/s1. The average molecular weight is 241 g/mol. The lowest BCUT2D eigenvalue weighted by molar-refractivity contribution is -0.135. The third kappa shape index (κ3) is 1.14. The zero-order valence-electron chi connectivity index (χ0n) is 10.4. The maximum absolute atomic E-state index is 12.1. The summed E-state index contributed by atoms with van der Waals surface area (Å²) in [6.07, 6.45) is 0. The lowest BCUT2D eigenvalue weighted by Crippen LogP contribution is -2.42. The first-order valence-corrected chi connectivity index (χ1v) is 6.07. The first kappa shape index (κ1) is 11.2. The van der Waals surface area contributed by atoms with Gasteiger partial charge in [0.25, 0.3) is 5.91 Å². The van der Waals surface area contributed by atoms with Crippen LogP contribution in [0.4, 0.5) is 0 Å². The van der Waals surface area contributed by atoms with Crippen molar-refractivity contribution in [1.82, 2.24) is 5.48 Å². The number of rotatable bonds is 1. The second kappa shape index (κ2) is 3.56. The summed E-state index contributed by atoms with van der Waals surface area (Å²) in [6, 6.07) is 12.1. The van der Waals surface area contributed by atoms with E-state index in [1.165, 1.54) is 5.56 Å². The van der Waals surface area contributed by atoms with E-state index in [1.54, 1.807) is 0 Å². The fourth-order valence-corrected chi connectivity index (χ4v) is 3.14. The number of hydroxylamine groups is 1. The van der Waals surface area contributed by atoms with Crippen LogP contribution in [-0.2, 0) is 10.2 Å². The third-order valence-electron chi connectivity index (χ3n) is 4.40. The molecule has 0 spiro atoms. The molecule has 1 aliphatic carbocycles. The molecule has 2 N–H and O–H groups in total. The van der Waals surface area contributed by atoms with Crippen molar-refractivity contribution in [2.45, 2.75) is 25.2 Å². The van der Waals surface area contributed by atoms with Crippen LogP contribution in [0.3, 0.4) is 0 Å². The SMILES string of the molecule is C[C@@H]1c2cccc3cccc(c23)[C@]1(C)C(=O)NO. The van der Waals surface area contributed by atoms with Gasteiger partial charge in [-0.25, -0.2) is 5.48 Å². The molecule has 0 aromatic heterocycles. The number of benzene rings is 2. The molecule has 0 radical (unpaired) electrons. The van der Waals surface area contributed by atoms with Crippen molar-refractivity contribution < 1.29 is 10.0 Å². The van der Waals surface area contributed by atoms with Gasteiger partial charge >= 0.3 is 0 Å². The predicted molar refractivity (Wildman–Crippen MR) is 69.6 cm³/mol. The largest absolute Gasteiger partial charge is 0.289 e. The number of hydrogen-bond acceptors (Lipinski definition) is 2. The molecule has 3 rings (SSSR count). The van der Waals surface area contributed by atoms with Gasteiger partial charge in [-0.1, -0.05) is 43.3 Å². The smallest absolute Gasteiger partial charge is 0.254 e. The van der Waals surface area contributed by atoms with Crippen molar-refractivity contribution in [3.8, 4) is 0 Å². The highest BCUT2D eigenvalue weighted by atomic mass is 16.5. The van der Waals surface area contributed by atoms with Crippen LogP contribution >= 0.6 is 0 Å². The van der Waals surface area contributed by atoms with E-state index in [-0.39, 0.29) is 11.8 Å². The Morgan fingerprint density at radius 2 is 1.94 bits per heavy atom. The molecule has 0 bridgehead atoms. The highest BCUT2D eigenvalue weighted by Crippen LogP contribution is 2.50. The van der Waals surface area contributed by atoms with E-state index in [2.05, 4.69) is 18.2 Å². The van der Waals surface area contributed by atoms with Crippen molar-refractivity contribution in [2.75, 3.05) is 0 Å². The fraction of sp³-hybridized carbons (Fsp3) is 0.267. The molecule has 1 amide bonds. The Morgan fingerprint density at radius 1 is 1.28 bits per heavy atom. The number of carbonyl (C=O) groups excluding carboxylic acids is 1. The molecule has 2 atom stereocenters. The summed E-state index contributed by atoms with van der Waals surface area (Å²) >= 11 is 0. The summed E-state index contributed by atoms with van der Waals surface area (Å²) in [5.41, 5.74) is 3.28. The number of carbonyl (C=O) groups is 1. The van der Waals surface area contributed by atoms with Gasteiger partial charge in [-0.15, -0.1) is 0 Å². The van der Waals surface area contributed by atoms with Crippen LogP contribution in [0.2, 0.25) is 0 Å². The van der Waals surface area contributed by atoms with Crippen molar-refractivity contribution in [3.05, 3.63) is 47.5 Å². The Hall–Kier alpha value is -1.87. The summed E-state index contributed by atoms with van der Waals surface area (Å²) < 4.78 is 0. The van der Waals surface area contributed by atoms with Crippen molar-refractivity contribution in [1.29, 1.82) is 0 Å². The van der Waals surface area contributed by atoms with Crippen molar-refractivity contribution in [2.24, 2.45) is 0 Å². The molecule has 0 aliphatic heterocycles. The molecule has 0 saturated carbocycles. The lowest BCUT2D eigenvalue weighted by Gasteiger charge is -2.28. The maximum atomic E-state index is 12.1. The fourth-order valence-electron chi connectivity index (χ4n) is 3.14. The molecule has 0 fully saturated rings. The quantitative estimate of drug-likeness (QED) is 0.595. The van der Waals surface area contributed by atoms with Crippen LogP contribution in [0.1, 0.15) is 30.9 Å². The second-order valence-corrected chi connectivity index (χ2v) is 5.12. The number of nitrogens with one attached hydrogen (secondary N) is 1. The van der Waals surface area contributed by atoms with Gasteiger partial charge in [0, 0.05) is 5.92 Å². The van der Waals surface area contributed by atoms with Crippen molar-refractivity contribution in [3.63, 3.8) is 0 Å². The van der Waals surface area contributed by atoms with Gasteiger partial charge in [-0.2, -0.15) is 0 Å². The molecule has 3 heteroatoms. The molecule has 0 unspecified atom stereocenters. The molecular weight excluding hydrogens is 226 g/mol. The van der Waals surface area contributed by atoms with Gasteiger partial charge < -0.3 is 0 Å². The van der Waals surface area contributed by atoms with Gasteiger partial charge in [0.05, 0.1) is 5.41 Å². The van der Waals surface area contributed by atoms with Crippen LogP contribution in [-0.4, -0.2) is 11.1 Å². The molecule has 3 nitrogen and oxygen atoms in total. The van der Waals surface area contributed by atoms with Gasteiger partial charge in [0.15, 0.2) is 0 Å². The molecule has 92 valence electrons. The third-order valence-corrected chi connectivity index (χ3v) is 4.40. The summed E-state index contributed by atoms with van der Waals surface area (Å²) in [5, 5.41) is 11.3. The predicted octanol–water partition coefficient (Wildman–Crippen LogP) is 2.72. The maximum Gasteiger partial charge on any atom is 0.254 e. The van der Waals surface area contributed by atoms with Gasteiger partial charge in [-0.05, 0) is 28.8 Å². The zero-order valence-corrected chi connectivity index (χ0v) is 10.4. The Balaban J connectivity index is 2.38. The van der Waals surface area contributed by atoms with Crippen LogP contribution in [0.5, 0.6) is 0 Å². The van der Waals surface area contributed by atoms with Crippen LogP contribution in [0.15, 0.2) is 36.4 Å². The minimum Gasteiger partial charge on any atom is -0.289 e. The Labute approximate surface area is 105 Å². The minimum atomic E-state index is -0.710. The Morgan fingerprint density at radius 3 is 2.61 bits per heavy atom. The normalized spacial score (nSPS) is 25.4. The topological polar surface area (TPSA) is 49.3 Å². The van der Waals surface area contributed by atoms with E-state index in [0.717, 1.165) is 16.3 Å². The van der Waals surface area contributed by atoms with E-state index in [4.69, 9.17) is 5.21 Å². The highest BCUT2D eigenvalue weighted by Gasteiger charge is 2.47. The van der Waals surface area contributed by atoms with Crippen molar-refractivity contribution >= 4 is 16.7 Å². The molecule has 2 aromatic rings. The summed E-state index contributed by atoms with van der Waals surface area (Å²) in [7, 11) is 0. The number of amides is 1. The molecule has 18 heavy (non-hydrogen) atoms. The molecule has 2 aromatic carbocycles. The van der Waals surface area contributed by atoms with Gasteiger partial charge in [0.1, 0.15) is 0 Å². The van der Waals surface area contributed by atoms with Crippen LogP contribution in [0, 0.1) is 0 Å². The zero-order chi connectivity index (χ0) is 12.9. The minimum absolute atomic E-state index is 0.0470. The summed E-state index contributed by atoms with van der Waals surface area (Å²) in [6.45, 7) is 3.92. The summed E-state index contributed by atoms with van der Waals surface area (Å²) in [5.74, 6) is -0.301. The molecule has 0 saturated heterocycles. The van der Waals surface area contributed by atoms with Crippen LogP contribution < -0.4 is 5.48 Å². The highest BCUT2D eigenvalue weighted by molar-refractivity contribution is 6.01. The molecule has 0 heterocycles. The van der Waals surface area contributed by atoms with E-state index in [1.807, 2.05) is 37.5 Å². The summed E-state index contributed by atoms with van der Waals surface area (Å²) in [4.78, 5) is 12.1. The van der Waals surface area contributed by atoms with Gasteiger partial charge in [0.2, 0.25) is 0 Å². The Bertz CT molecular complexity index is 645. The van der Waals surface area contributed by atoms with Gasteiger partial charge in [-0.3, -0.25) is 10.0 Å². The second-order valence-electron chi connectivity index (χ2n) is 5.12. The lowest BCUT2D eigenvalue weighted by atomic mass is 9.75. The first-order chi connectivity index (χ1) is 8.60.